The van der Waals surface area contributed by atoms with Gasteiger partial charge in [-0.3, -0.25) is 0 Å². The first kappa shape index (κ1) is 9.30. The van der Waals surface area contributed by atoms with Gasteiger partial charge in [0.25, 0.3) is 0 Å². The second kappa shape index (κ2) is 4.29. The molecule has 0 N–H and O–H groups in total. The molecule has 1 rings (SSSR count). The van der Waals surface area contributed by atoms with Crippen LogP contribution in [-0.2, 0) is 9.53 Å². The van der Waals surface area contributed by atoms with Crippen LogP contribution in [0.2, 0.25) is 0 Å². The summed E-state index contributed by atoms with van der Waals surface area (Å²) in [5.41, 5.74) is 0.480. The van der Waals surface area contributed by atoms with Crippen LogP contribution in [-0.4, -0.2) is 5.97 Å². The third-order valence-electron chi connectivity index (χ3n) is 2.00. The molecule has 12 heavy (non-hydrogen) atoms. The molecule has 67 valence electrons. The average molecular weight is 167 g/mol. The fourth-order valence-corrected chi connectivity index (χ4v) is 1.27. The zero-order valence-electron chi connectivity index (χ0n) is 7.56. The fourth-order valence-electron chi connectivity index (χ4n) is 1.27. The standard InChI is InChI=1S/C10H15O2/c1-8(2)10(11)12-9-6-4-3-5-7-9/h1,3-7H2,2H3. The highest BCUT2D eigenvalue weighted by molar-refractivity contribution is 5.87. The summed E-state index contributed by atoms with van der Waals surface area (Å²) in [4.78, 5) is 11.1. The summed E-state index contributed by atoms with van der Waals surface area (Å²) in [6, 6.07) is 0. The average Bonchev–Trinajstić information content (AvgIpc) is 2.06. The minimum atomic E-state index is -0.271. The summed E-state index contributed by atoms with van der Waals surface area (Å²) in [7, 11) is 0. The van der Waals surface area contributed by atoms with E-state index in [1.54, 1.807) is 6.92 Å². The van der Waals surface area contributed by atoms with Crippen LogP contribution in [0, 0.1) is 6.10 Å². The maximum Gasteiger partial charge on any atom is 0.333 e. The van der Waals surface area contributed by atoms with E-state index in [0.717, 1.165) is 31.8 Å². The van der Waals surface area contributed by atoms with Gasteiger partial charge in [-0.05, 0) is 32.6 Å². The Labute approximate surface area is 73.6 Å². The highest BCUT2D eigenvalue weighted by Crippen LogP contribution is 2.26. The molecule has 1 aliphatic rings. The SMILES string of the molecule is C=C(C)C(=O)O[C]1CCCCC1. The van der Waals surface area contributed by atoms with E-state index in [9.17, 15) is 4.79 Å². The van der Waals surface area contributed by atoms with Gasteiger partial charge in [0.1, 0.15) is 0 Å². The first-order valence-corrected chi connectivity index (χ1v) is 4.42. The summed E-state index contributed by atoms with van der Waals surface area (Å²) in [6.45, 7) is 5.21. The summed E-state index contributed by atoms with van der Waals surface area (Å²) in [5, 5.41) is 0. The molecule has 0 amide bonds. The molecule has 0 aromatic rings. The Morgan fingerprint density at radius 1 is 1.33 bits per heavy atom. The van der Waals surface area contributed by atoms with E-state index in [4.69, 9.17) is 4.74 Å². The lowest BCUT2D eigenvalue weighted by molar-refractivity contribution is -0.138. The number of ether oxygens (including phenoxy) is 1. The van der Waals surface area contributed by atoms with Crippen LogP contribution in [0.15, 0.2) is 12.2 Å². The zero-order valence-corrected chi connectivity index (χ0v) is 7.56. The van der Waals surface area contributed by atoms with Gasteiger partial charge in [0.15, 0.2) is 6.10 Å². The van der Waals surface area contributed by atoms with Crippen LogP contribution in [0.3, 0.4) is 0 Å². The summed E-state index contributed by atoms with van der Waals surface area (Å²) >= 11 is 0. The van der Waals surface area contributed by atoms with Crippen molar-refractivity contribution in [1.29, 1.82) is 0 Å². The number of rotatable bonds is 2. The van der Waals surface area contributed by atoms with Crippen molar-refractivity contribution in [3.05, 3.63) is 18.3 Å². The van der Waals surface area contributed by atoms with Crippen molar-refractivity contribution in [3.63, 3.8) is 0 Å². The van der Waals surface area contributed by atoms with Gasteiger partial charge in [-0.2, -0.15) is 0 Å². The minimum Gasteiger partial charge on any atom is -0.451 e. The monoisotopic (exact) mass is 167 g/mol. The minimum absolute atomic E-state index is 0.271. The van der Waals surface area contributed by atoms with Crippen molar-refractivity contribution < 1.29 is 9.53 Å². The molecule has 1 radical (unpaired) electrons. The molecule has 1 fully saturated rings. The highest BCUT2D eigenvalue weighted by Gasteiger charge is 2.18. The molecule has 0 saturated heterocycles. The zero-order chi connectivity index (χ0) is 8.97. The van der Waals surface area contributed by atoms with Gasteiger partial charge in [-0.15, -0.1) is 0 Å². The second-order valence-electron chi connectivity index (χ2n) is 3.27. The largest absolute Gasteiger partial charge is 0.451 e. The van der Waals surface area contributed by atoms with Crippen molar-refractivity contribution in [2.45, 2.75) is 39.0 Å². The molecule has 0 aromatic heterocycles. The van der Waals surface area contributed by atoms with E-state index in [-0.39, 0.29) is 5.97 Å². The van der Waals surface area contributed by atoms with E-state index in [2.05, 4.69) is 6.58 Å². The third kappa shape index (κ3) is 2.68. The molecule has 0 atom stereocenters. The number of carbonyl (C=O) groups excluding carboxylic acids is 1. The third-order valence-corrected chi connectivity index (χ3v) is 2.00. The van der Waals surface area contributed by atoms with E-state index in [1.165, 1.54) is 6.42 Å². The molecule has 0 unspecified atom stereocenters. The maximum atomic E-state index is 11.1. The number of hydrogen-bond donors (Lipinski definition) is 0. The quantitative estimate of drug-likeness (QED) is 0.466. The van der Waals surface area contributed by atoms with Crippen molar-refractivity contribution in [3.8, 4) is 0 Å². The summed E-state index contributed by atoms with van der Waals surface area (Å²) in [5.74, 6) is -0.271. The molecule has 2 nitrogen and oxygen atoms in total. The van der Waals surface area contributed by atoms with Crippen LogP contribution >= 0.6 is 0 Å². The highest BCUT2D eigenvalue weighted by atomic mass is 16.5. The van der Waals surface area contributed by atoms with Crippen molar-refractivity contribution in [2.75, 3.05) is 0 Å². The van der Waals surface area contributed by atoms with E-state index < -0.39 is 0 Å². The number of carbonyl (C=O) groups is 1. The molecule has 1 saturated carbocycles. The Morgan fingerprint density at radius 3 is 2.42 bits per heavy atom. The first-order valence-electron chi connectivity index (χ1n) is 4.42. The van der Waals surface area contributed by atoms with Crippen LogP contribution in [0.4, 0.5) is 0 Å². The molecule has 0 spiro atoms. The Kier molecular flexibility index (Phi) is 3.32. The van der Waals surface area contributed by atoms with Gasteiger partial charge in [0, 0.05) is 5.57 Å². The molecule has 1 aliphatic carbocycles. The van der Waals surface area contributed by atoms with Gasteiger partial charge < -0.3 is 4.74 Å². The second-order valence-corrected chi connectivity index (χ2v) is 3.27. The van der Waals surface area contributed by atoms with E-state index >= 15 is 0 Å². The maximum absolute atomic E-state index is 11.1. The number of hydrogen-bond acceptors (Lipinski definition) is 2. The molecule has 0 aliphatic heterocycles. The molecule has 0 bridgehead atoms. The molecule has 2 heteroatoms. The van der Waals surface area contributed by atoms with Crippen LogP contribution in [0.1, 0.15) is 39.0 Å². The Morgan fingerprint density at radius 2 is 1.92 bits per heavy atom. The van der Waals surface area contributed by atoms with Crippen LogP contribution in [0.5, 0.6) is 0 Å². The normalized spacial score (nSPS) is 18.8. The molecule has 0 aromatic carbocycles. The smallest absolute Gasteiger partial charge is 0.333 e. The summed E-state index contributed by atoms with van der Waals surface area (Å²) in [6.07, 6.45) is 6.39. The Hall–Kier alpha value is -0.790. The number of esters is 1. The topological polar surface area (TPSA) is 26.3 Å². The van der Waals surface area contributed by atoms with Gasteiger partial charge in [0.05, 0.1) is 0 Å². The van der Waals surface area contributed by atoms with Crippen molar-refractivity contribution in [1.82, 2.24) is 0 Å². The van der Waals surface area contributed by atoms with Gasteiger partial charge >= 0.3 is 5.97 Å². The predicted octanol–water partition coefficient (Wildman–Crippen LogP) is 2.60. The predicted molar refractivity (Wildman–Crippen MR) is 47.2 cm³/mol. The van der Waals surface area contributed by atoms with Gasteiger partial charge in [-0.1, -0.05) is 13.0 Å². The van der Waals surface area contributed by atoms with E-state index in [1.807, 2.05) is 0 Å². The molecular formula is C10H15O2. The lowest BCUT2D eigenvalue weighted by Gasteiger charge is -2.20. The Balaban J connectivity index is 2.29. The first-order chi connectivity index (χ1) is 5.70. The van der Waals surface area contributed by atoms with Crippen LogP contribution < -0.4 is 0 Å². The Bertz CT molecular complexity index is 178. The van der Waals surface area contributed by atoms with Crippen molar-refractivity contribution >= 4 is 5.97 Å². The van der Waals surface area contributed by atoms with Crippen LogP contribution in [0.25, 0.3) is 0 Å². The molecular weight excluding hydrogens is 152 g/mol. The van der Waals surface area contributed by atoms with Crippen molar-refractivity contribution in [2.24, 2.45) is 0 Å². The lowest BCUT2D eigenvalue weighted by atomic mass is 9.98. The fraction of sp³-hybridized carbons (Fsp3) is 0.600. The summed E-state index contributed by atoms with van der Waals surface area (Å²) < 4.78 is 5.13. The van der Waals surface area contributed by atoms with Gasteiger partial charge in [-0.25, -0.2) is 4.79 Å². The lowest BCUT2D eigenvalue weighted by Crippen LogP contribution is -2.14. The van der Waals surface area contributed by atoms with Gasteiger partial charge in [0.2, 0.25) is 0 Å². The molecule has 0 heterocycles. The van der Waals surface area contributed by atoms with E-state index in [0.29, 0.717) is 5.57 Å².